The zero-order valence-corrected chi connectivity index (χ0v) is 23.9. The Bertz CT molecular complexity index is 1070. The lowest BCUT2D eigenvalue weighted by Gasteiger charge is -2.14. The summed E-state index contributed by atoms with van der Waals surface area (Å²) in [5.41, 5.74) is 3.91. The molecule has 0 saturated heterocycles. The third kappa shape index (κ3) is 9.97. The van der Waals surface area contributed by atoms with E-state index in [9.17, 15) is 8.42 Å². The van der Waals surface area contributed by atoms with E-state index in [0.717, 1.165) is 88.2 Å². The minimum absolute atomic E-state index is 0.388. The first-order valence-corrected chi connectivity index (χ1v) is 15.5. The summed E-state index contributed by atoms with van der Waals surface area (Å²) in [6.45, 7) is 11.9. The first kappa shape index (κ1) is 30.6. The number of benzene rings is 2. The molecule has 0 bridgehead atoms. The summed E-state index contributed by atoms with van der Waals surface area (Å²) in [7, 11) is -3.70. The molecule has 2 aromatic rings. The van der Waals surface area contributed by atoms with E-state index in [1.54, 1.807) is 12.1 Å². The molecule has 0 radical (unpaired) electrons. The maximum Gasteiger partial charge on any atom is 0.207 e. The average molecular weight is 519 g/mol. The minimum Gasteiger partial charge on any atom is -0.218 e. The van der Waals surface area contributed by atoms with Crippen molar-refractivity contribution >= 4 is 22.0 Å². The maximum absolute atomic E-state index is 14.1. The molecule has 0 fully saturated rings. The van der Waals surface area contributed by atoms with Crippen molar-refractivity contribution in [2.45, 2.75) is 101 Å². The molecule has 0 spiro atoms. The summed E-state index contributed by atoms with van der Waals surface area (Å²) >= 11 is 0. The lowest BCUT2D eigenvalue weighted by atomic mass is 10.1. The van der Waals surface area contributed by atoms with E-state index < -0.39 is 9.84 Å². The van der Waals surface area contributed by atoms with Crippen LogP contribution in [0, 0.1) is 0 Å². The van der Waals surface area contributed by atoms with Gasteiger partial charge < -0.3 is 0 Å². The van der Waals surface area contributed by atoms with E-state index in [0.29, 0.717) is 9.79 Å². The van der Waals surface area contributed by atoms with Gasteiger partial charge in [-0.3, -0.25) is 0 Å². The van der Waals surface area contributed by atoms with Crippen LogP contribution in [0.3, 0.4) is 0 Å². The smallest absolute Gasteiger partial charge is 0.207 e. The quantitative estimate of drug-likeness (QED) is 0.145. The van der Waals surface area contributed by atoms with E-state index in [4.69, 9.17) is 0 Å². The van der Waals surface area contributed by atoms with Crippen molar-refractivity contribution in [3.05, 3.63) is 96.1 Å². The highest BCUT2D eigenvalue weighted by molar-refractivity contribution is 7.91. The summed E-state index contributed by atoms with van der Waals surface area (Å²) in [6.07, 6.45) is 24.3. The van der Waals surface area contributed by atoms with E-state index in [-0.39, 0.29) is 0 Å². The van der Waals surface area contributed by atoms with Gasteiger partial charge in [-0.15, -0.1) is 13.2 Å². The van der Waals surface area contributed by atoms with Crippen LogP contribution < -0.4 is 0 Å². The van der Waals surface area contributed by atoms with Gasteiger partial charge in [0.15, 0.2) is 0 Å². The lowest BCUT2D eigenvalue weighted by molar-refractivity contribution is 0.595. The van der Waals surface area contributed by atoms with Gasteiger partial charge in [-0.2, -0.15) is 0 Å². The van der Waals surface area contributed by atoms with Gasteiger partial charge in [0.25, 0.3) is 0 Å². The van der Waals surface area contributed by atoms with Crippen LogP contribution in [-0.4, -0.2) is 8.42 Å². The van der Waals surface area contributed by atoms with Crippen molar-refractivity contribution in [2.24, 2.45) is 0 Å². The number of sulfone groups is 1. The van der Waals surface area contributed by atoms with E-state index in [2.05, 4.69) is 51.3 Å². The number of allylic oxidation sites excluding steroid dienone is 4. The molecule has 37 heavy (non-hydrogen) atoms. The van der Waals surface area contributed by atoms with Gasteiger partial charge in [-0.05, 0) is 98.6 Å². The molecule has 2 aromatic carbocycles. The molecule has 0 atom stereocenters. The highest BCUT2D eigenvalue weighted by Gasteiger charge is 2.23. The predicted molar refractivity (Wildman–Crippen MR) is 162 cm³/mol. The first-order chi connectivity index (χ1) is 18.0. The monoisotopic (exact) mass is 518 g/mol. The fourth-order valence-corrected chi connectivity index (χ4v) is 6.08. The molecule has 0 aromatic heterocycles. The maximum atomic E-state index is 14.1. The van der Waals surface area contributed by atoms with Crippen LogP contribution in [0.5, 0.6) is 0 Å². The molecule has 200 valence electrons. The van der Waals surface area contributed by atoms with Crippen LogP contribution in [0.2, 0.25) is 0 Å². The van der Waals surface area contributed by atoms with Gasteiger partial charge in [0, 0.05) is 0 Å². The standard InChI is InChI=1S/C34H46O2S/c1-5-9-11-13-15-17-21-31-27-29(19-7-3)23-25-33(31)37(35,36)34-26-24-30(20-8-4)28-32(34)22-18-16-14-12-10-6-2/h5-6,17-18,21-28H,1-2,7-16,19-20H2,3-4H3. The van der Waals surface area contributed by atoms with E-state index >= 15 is 0 Å². The fraction of sp³-hybridized carbons (Fsp3) is 0.412. The van der Waals surface area contributed by atoms with Crippen LogP contribution in [0.4, 0.5) is 0 Å². The van der Waals surface area contributed by atoms with Crippen molar-refractivity contribution in [1.29, 1.82) is 0 Å². The topological polar surface area (TPSA) is 34.1 Å². The number of rotatable bonds is 18. The van der Waals surface area contributed by atoms with E-state index in [1.165, 1.54) is 11.1 Å². The summed E-state index contributed by atoms with van der Waals surface area (Å²) in [6, 6.07) is 11.7. The van der Waals surface area contributed by atoms with Crippen molar-refractivity contribution < 1.29 is 8.42 Å². The molecule has 0 N–H and O–H groups in total. The van der Waals surface area contributed by atoms with Crippen LogP contribution in [-0.2, 0) is 22.7 Å². The lowest BCUT2D eigenvalue weighted by Crippen LogP contribution is -2.07. The molecule has 0 heterocycles. The zero-order valence-electron chi connectivity index (χ0n) is 23.1. The number of unbranched alkanes of at least 4 members (excludes halogenated alkanes) is 6. The Balaban J connectivity index is 2.45. The average Bonchev–Trinajstić information content (AvgIpc) is 2.88. The van der Waals surface area contributed by atoms with Crippen molar-refractivity contribution in [3.8, 4) is 0 Å². The number of hydrogen-bond acceptors (Lipinski definition) is 2. The molecule has 0 aliphatic heterocycles. The fourth-order valence-electron chi connectivity index (χ4n) is 4.47. The predicted octanol–water partition coefficient (Wildman–Crippen LogP) is 9.94. The summed E-state index contributed by atoms with van der Waals surface area (Å²) in [5.74, 6) is 0. The Hall–Kier alpha value is -2.65. The van der Waals surface area contributed by atoms with Crippen LogP contribution in [0.25, 0.3) is 12.2 Å². The normalized spacial score (nSPS) is 11.9. The van der Waals surface area contributed by atoms with Gasteiger partial charge >= 0.3 is 0 Å². The van der Waals surface area contributed by atoms with Crippen molar-refractivity contribution in [2.75, 3.05) is 0 Å². The second-order valence-electron chi connectivity index (χ2n) is 9.70. The molecule has 3 heteroatoms. The largest absolute Gasteiger partial charge is 0.218 e. The molecule has 0 unspecified atom stereocenters. The second kappa shape index (κ2) is 17.0. The number of hydrogen-bond donors (Lipinski definition) is 0. The molecule has 2 nitrogen and oxygen atoms in total. The Kier molecular flexibility index (Phi) is 14.0. The molecule has 0 aliphatic carbocycles. The van der Waals surface area contributed by atoms with Gasteiger partial charge in [0.05, 0.1) is 9.79 Å². The highest BCUT2D eigenvalue weighted by atomic mass is 32.2. The van der Waals surface area contributed by atoms with Gasteiger partial charge in [0.1, 0.15) is 0 Å². The van der Waals surface area contributed by atoms with Gasteiger partial charge in [-0.25, -0.2) is 8.42 Å². The van der Waals surface area contributed by atoms with Crippen LogP contribution in [0.1, 0.15) is 100 Å². The van der Waals surface area contributed by atoms with Crippen molar-refractivity contribution in [3.63, 3.8) is 0 Å². The Morgan fingerprint density at radius 2 is 1.05 bits per heavy atom. The third-order valence-corrected chi connectivity index (χ3v) is 8.36. The Morgan fingerprint density at radius 1 is 0.649 bits per heavy atom. The zero-order chi connectivity index (χ0) is 26.9. The van der Waals surface area contributed by atoms with Gasteiger partial charge in [-0.1, -0.05) is 87.4 Å². The Labute approximate surface area is 226 Å². The second-order valence-corrected chi connectivity index (χ2v) is 11.6. The Morgan fingerprint density at radius 3 is 1.43 bits per heavy atom. The molecule has 0 amide bonds. The molecular formula is C34H46O2S. The van der Waals surface area contributed by atoms with Crippen LogP contribution >= 0.6 is 0 Å². The number of aryl methyl sites for hydroxylation is 2. The first-order valence-electron chi connectivity index (χ1n) is 14.0. The van der Waals surface area contributed by atoms with Gasteiger partial charge in [0.2, 0.25) is 9.84 Å². The van der Waals surface area contributed by atoms with Crippen molar-refractivity contribution in [1.82, 2.24) is 0 Å². The summed E-state index contributed by atoms with van der Waals surface area (Å²) in [5, 5.41) is 0. The summed E-state index contributed by atoms with van der Waals surface area (Å²) < 4.78 is 28.1. The SMILES string of the molecule is C=CCCCCC=Cc1cc(CCC)ccc1S(=O)(=O)c1ccc(CCC)cc1C=CCCCCC=C. The minimum atomic E-state index is -3.70. The molecular weight excluding hydrogens is 472 g/mol. The summed E-state index contributed by atoms with van der Waals surface area (Å²) in [4.78, 5) is 0.775. The molecule has 0 saturated carbocycles. The van der Waals surface area contributed by atoms with Crippen LogP contribution in [0.15, 0.2) is 83.7 Å². The highest BCUT2D eigenvalue weighted by Crippen LogP contribution is 2.31. The molecule has 2 rings (SSSR count). The molecule has 0 aliphatic rings. The third-order valence-electron chi connectivity index (χ3n) is 6.46. The van der Waals surface area contributed by atoms with E-state index in [1.807, 2.05) is 36.4 Å².